The van der Waals surface area contributed by atoms with Gasteiger partial charge in [-0.3, -0.25) is 4.79 Å². The average Bonchev–Trinajstić information content (AvgIpc) is 2.44. The van der Waals surface area contributed by atoms with E-state index in [0.717, 1.165) is 44.7 Å². The van der Waals surface area contributed by atoms with Crippen LogP contribution in [0.1, 0.15) is 59.8 Å². The predicted molar refractivity (Wildman–Crippen MR) is 91.9 cm³/mol. The lowest BCUT2D eigenvalue weighted by Crippen LogP contribution is -2.50. The SMILES string of the molecule is CC(C)(O)C=CCC1(C)CCCC2(C)C(C=O)C(C=O)=CCC12. The first kappa shape index (κ1) is 18.1. The topological polar surface area (TPSA) is 54.4 Å². The first-order valence-electron chi connectivity index (χ1n) is 8.67. The van der Waals surface area contributed by atoms with Gasteiger partial charge in [-0.25, -0.2) is 0 Å². The molecule has 4 atom stereocenters. The molecule has 2 rings (SSSR count). The summed E-state index contributed by atoms with van der Waals surface area (Å²) >= 11 is 0. The molecule has 0 saturated heterocycles. The highest BCUT2D eigenvalue weighted by Gasteiger charge is 2.53. The fourth-order valence-corrected chi connectivity index (χ4v) is 4.92. The van der Waals surface area contributed by atoms with Gasteiger partial charge in [-0.1, -0.05) is 38.5 Å². The van der Waals surface area contributed by atoms with Crippen LogP contribution in [0.3, 0.4) is 0 Å². The van der Waals surface area contributed by atoms with Gasteiger partial charge in [0.15, 0.2) is 0 Å². The summed E-state index contributed by atoms with van der Waals surface area (Å²) in [6, 6.07) is 0. The quantitative estimate of drug-likeness (QED) is 0.618. The minimum atomic E-state index is -0.795. The van der Waals surface area contributed by atoms with Crippen LogP contribution in [0.4, 0.5) is 0 Å². The second kappa shape index (κ2) is 6.35. The Balaban J connectivity index is 2.31. The lowest BCUT2D eigenvalue weighted by atomic mass is 9.48. The van der Waals surface area contributed by atoms with Gasteiger partial charge in [0, 0.05) is 5.92 Å². The van der Waals surface area contributed by atoms with Crippen molar-refractivity contribution in [2.45, 2.75) is 65.4 Å². The third kappa shape index (κ3) is 3.50. The summed E-state index contributed by atoms with van der Waals surface area (Å²) in [7, 11) is 0. The molecule has 4 unspecified atom stereocenters. The van der Waals surface area contributed by atoms with Crippen LogP contribution in [0.25, 0.3) is 0 Å². The summed E-state index contributed by atoms with van der Waals surface area (Å²) in [6.07, 6.45) is 12.7. The molecule has 0 aliphatic heterocycles. The second-order valence-electron chi connectivity index (χ2n) is 8.50. The van der Waals surface area contributed by atoms with Crippen molar-refractivity contribution in [2.24, 2.45) is 22.7 Å². The molecule has 1 fully saturated rings. The predicted octanol–water partition coefficient (Wildman–Crippen LogP) is 3.86. The molecule has 0 aromatic rings. The molecule has 0 heterocycles. The van der Waals surface area contributed by atoms with Gasteiger partial charge in [0.2, 0.25) is 0 Å². The summed E-state index contributed by atoms with van der Waals surface area (Å²) < 4.78 is 0. The van der Waals surface area contributed by atoms with Crippen LogP contribution < -0.4 is 0 Å². The van der Waals surface area contributed by atoms with Crippen molar-refractivity contribution in [1.29, 1.82) is 0 Å². The van der Waals surface area contributed by atoms with Crippen LogP contribution >= 0.6 is 0 Å². The van der Waals surface area contributed by atoms with Crippen molar-refractivity contribution in [1.82, 2.24) is 0 Å². The molecule has 0 aromatic heterocycles. The lowest BCUT2D eigenvalue weighted by Gasteiger charge is -2.56. The monoisotopic (exact) mass is 318 g/mol. The first-order chi connectivity index (χ1) is 10.7. The van der Waals surface area contributed by atoms with Crippen LogP contribution in [0.5, 0.6) is 0 Å². The summed E-state index contributed by atoms with van der Waals surface area (Å²) in [5, 5.41) is 9.88. The van der Waals surface area contributed by atoms with E-state index in [1.165, 1.54) is 0 Å². The number of aliphatic hydroxyl groups is 1. The smallest absolute Gasteiger partial charge is 0.146 e. The van der Waals surface area contributed by atoms with E-state index in [1.807, 2.05) is 12.2 Å². The largest absolute Gasteiger partial charge is 0.386 e. The van der Waals surface area contributed by atoms with E-state index in [1.54, 1.807) is 13.8 Å². The molecule has 1 saturated carbocycles. The molecule has 2 aliphatic carbocycles. The first-order valence-corrected chi connectivity index (χ1v) is 8.67. The van der Waals surface area contributed by atoms with E-state index in [2.05, 4.69) is 19.9 Å². The van der Waals surface area contributed by atoms with Gasteiger partial charge in [-0.05, 0) is 61.9 Å². The number of allylic oxidation sites excluding steroid dienone is 3. The molecule has 0 spiro atoms. The Morgan fingerprint density at radius 2 is 2.00 bits per heavy atom. The Morgan fingerprint density at radius 1 is 1.30 bits per heavy atom. The van der Waals surface area contributed by atoms with Crippen molar-refractivity contribution in [2.75, 3.05) is 0 Å². The summed E-state index contributed by atoms with van der Waals surface area (Å²) in [5.74, 6) is 0.103. The van der Waals surface area contributed by atoms with E-state index in [0.29, 0.717) is 11.5 Å². The molecule has 3 heteroatoms. The molecule has 1 N–H and O–H groups in total. The maximum Gasteiger partial charge on any atom is 0.146 e. The second-order valence-corrected chi connectivity index (χ2v) is 8.50. The molecule has 3 nitrogen and oxygen atoms in total. The summed E-state index contributed by atoms with van der Waals surface area (Å²) in [5.41, 5.74) is -0.171. The number of carbonyl (C=O) groups is 2. The van der Waals surface area contributed by atoms with Crippen molar-refractivity contribution >= 4 is 12.6 Å². The Labute approximate surface area is 139 Å². The number of aldehydes is 2. The summed E-state index contributed by atoms with van der Waals surface area (Å²) in [6.45, 7) is 8.04. The van der Waals surface area contributed by atoms with Crippen molar-refractivity contribution in [3.63, 3.8) is 0 Å². The van der Waals surface area contributed by atoms with Crippen LogP contribution in [-0.4, -0.2) is 23.3 Å². The fourth-order valence-electron chi connectivity index (χ4n) is 4.92. The number of hydrogen-bond acceptors (Lipinski definition) is 3. The standard InChI is InChI=1S/C20H30O3/c1-18(2,23)9-5-10-19(3)11-6-12-20(4)16(14-22)15(13-21)7-8-17(19)20/h5,7,9,13-14,16-17,23H,6,8,10-12H2,1-4H3. The molecule has 23 heavy (non-hydrogen) atoms. The highest BCUT2D eigenvalue weighted by atomic mass is 16.3. The van der Waals surface area contributed by atoms with Gasteiger partial charge in [-0.15, -0.1) is 0 Å². The van der Waals surface area contributed by atoms with Crippen molar-refractivity contribution in [3.8, 4) is 0 Å². The Kier molecular flexibility index (Phi) is 5.00. The van der Waals surface area contributed by atoms with Crippen LogP contribution in [-0.2, 0) is 9.59 Å². The number of carbonyl (C=O) groups excluding carboxylic acids is 2. The zero-order chi connectivity index (χ0) is 17.3. The lowest BCUT2D eigenvalue weighted by molar-refractivity contribution is -0.122. The molecule has 128 valence electrons. The van der Waals surface area contributed by atoms with Crippen LogP contribution in [0.15, 0.2) is 23.8 Å². The maximum atomic E-state index is 11.7. The molecular formula is C20H30O3. The van der Waals surface area contributed by atoms with Gasteiger partial charge in [0.05, 0.1) is 5.60 Å². The van der Waals surface area contributed by atoms with Crippen molar-refractivity contribution < 1.29 is 14.7 Å². The van der Waals surface area contributed by atoms with Crippen LogP contribution in [0.2, 0.25) is 0 Å². The van der Waals surface area contributed by atoms with Gasteiger partial charge in [-0.2, -0.15) is 0 Å². The van der Waals surface area contributed by atoms with E-state index >= 15 is 0 Å². The Bertz CT molecular complexity index is 525. The zero-order valence-electron chi connectivity index (χ0n) is 14.8. The maximum absolute atomic E-state index is 11.7. The molecule has 0 amide bonds. The number of hydrogen-bond donors (Lipinski definition) is 1. The highest BCUT2D eigenvalue weighted by Crippen LogP contribution is 2.60. The molecular weight excluding hydrogens is 288 g/mol. The minimum Gasteiger partial charge on any atom is -0.386 e. The normalized spacial score (nSPS) is 38.0. The number of fused-ring (bicyclic) bond motifs is 1. The zero-order valence-corrected chi connectivity index (χ0v) is 14.8. The summed E-state index contributed by atoms with van der Waals surface area (Å²) in [4.78, 5) is 23.0. The molecule has 2 aliphatic rings. The van der Waals surface area contributed by atoms with Gasteiger partial charge in [0.1, 0.15) is 12.6 Å². The van der Waals surface area contributed by atoms with E-state index in [-0.39, 0.29) is 16.7 Å². The number of rotatable bonds is 5. The van der Waals surface area contributed by atoms with E-state index in [9.17, 15) is 14.7 Å². The fraction of sp³-hybridized carbons (Fsp3) is 0.700. The average molecular weight is 318 g/mol. The van der Waals surface area contributed by atoms with E-state index in [4.69, 9.17) is 0 Å². The van der Waals surface area contributed by atoms with Gasteiger partial charge in [0.25, 0.3) is 0 Å². The highest BCUT2D eigenvalue weighted by molar-refractivity contribution is 5.82. The third-order valence-corrected chi connectivity index (χ3v) is 6.14. The van der Waals surface area contributed by atoms with Crippen LogP contribution in [0, 0.1) is 22.7 Å². The third-order valence-electron chi connectivity index (χ3n) is 6.14. The Hall–Kier alpha value is -1.22. The van der Waals surface area contributed by atoms with Gasteiger partial charge < -0.3 is 9.90 Å². The molecule has 0 aromatic carbocycles. The van der Waals surface area contributed by atoms with Gasteiger partial charge >= 0.3 is 0 Å². The minimum absolute atomic E-state index is 0.0981. The Morgan fingerprint density at radius 3 is 2.57 bits per heavy atom. The van der Waals surface area contributed by atoms with Crippen molar-refractivity contribution in [3.05, 3.63) is 23.8 Å². The van der Waals surface area contributed by atoms with E-state index < -0.39 is 5.60 Å². The molecule has 0 bridgehead atoms. The molecule has 0 radical (unpaired) electrons.